The fraction of sp³-hybridized carbons (Fsp3) is 0.867. The van der Waals surface area contributed by atoms with Gasteiger partial charge >= 0.3 is 5.97 Å². The highest BCUT2D eigenvalue weighted by atomic mass is 32.2. The topological polar surface area (TPSA) is 66.4 Å². The Morgan fingerprint density at radius 2 is 1.80 bits per heavy atom. The molecular weight excluding hydrogens is 274 g/mol. The van der Waals surface area contributed by atoms with Crippen LogP contribution in [-0.4, -0.2) is 35.5 Å². The molecule has 0 saturated heterocycles. The van der Waals surface area contributed by atoms with E-state index in [-0.39, 0.29) is 11.8 Å². The number of hydrogen-bond acceptors (Lipinski definition) is 3. The van der Waals surface area contributed by atoms with Crippen molar-refractivity contribution in [1.29, 1.82) is 0 Å². The second-order valence-electron chi connectivity index (χ2n) is 5.83. The van der Waals surface area contributed by atoms with Gasteiger partial charge in [0.15, 0.2) is 0 Å². The van der Waals surface area contributed by atoms with Gasteiger partial charge < -0.3 is 10.4 Å². The summed E-state index contributed by atoms with van der Waals surface area (Å²) in [5.74, 6) is -0.187. The molecule has 1 unspecified atom stereocenters. The molecular formula is C15H27NO3S. The maximum atomic E-state index is 12.1. The van der Waals surface area contributed by atoms with Crippen LogP contribution in [0, 0.1) is 17.8 Å². The van der Waals surface area contributed by atoms with Crippen molar-refractivity contribution in [1.82, 2.24) is 5.32 Å². The minimum Gasteiger partial charge on any atom is -0.481 e. The molecule has 1 saturated carbocycles. The molecule has 0 radical (unpaired) electrons. The Morgan fingerprint density at radius 1 is 1.15 bits per heavy atom. The first kappa shape index (κ1) is 17.3. The number of aliphatic carboxylic acids is 1. The zero-order valence-corrected chi connectivity index (χ0v) is 13.4. The molecule has 0 bridgehead atoms. The summed E-state index contributed by atoms with van der Waals surface area (Å²) in [6, 6.07) is 0. The van der Waals surface area contributed by atoms with Gasteiger partial charge in [0.25, 0.3) is 0 Å². The number of carbonyl (C=O) groups excluding carboxylic acids is 1. The molecule has 1 fully saturated rings. The Kier molecular flexibility index (Phi) is 8.04. The van der Waals surface area contributed by atoms with Crippen LogP contribution >= 0.6 is 11.8 Å². The molecule has 1 aliphatic rings. The van der Waals surface area contributed by atoms with Gasteiger partial charge in [0.2, 0.25) is 5.91 Å². The standard InChI is InChI=1S/C15H27NO3S/c1-11-9-12(13(10-11)15(18)19)14(17)16-7-5-3-4-6-8-20-2/h11-13H,3-10H2,1-2H3,(H,16,17)(H,18,19)/t11?,12-,13+/m0/s1. The van der Waals surface area contributed by atoms with E-state index in [9.17, 15) is 9.59 Å². The monoisotopic (exact) mass is 301 g/mol. The summed E-state index contributed by atoms with van der Waals surface area (Å²) in [5, 5.41) is 12.1. The van der Waals surface area contributed by atoms with E-state index in [1.807, 2.05) is 18.7 Å². The van der Waals surface area contributed by atoms with E-state index in [1.165, 1.54) is 18.6 Å². The minimum atomic E-state index is -0.827. The molecule has 20 heavy (non-hydrogen) atoms. The van der Waals surface area contributed by atoms with E-state index in [1.54, 1.807) is 0 Å². The fourth-order valence-corrected chi connectivity index (χ4v) is 3.41. The predicted octanol–water partition coefficient (Wildman–Crippen LogP) is 2.77. The van der Waals surface area contributed by atoms with Crippen LogP contribution in [-0.2, 0) is 9.59 Å². The van der Waals surface area contributed by atoms with Gasteiger partial charge in [-0.15, -0.1) is 0 Å². The van der Waals surface area contributed by atoms with E-state index in [0.29, 0.717) is 25.3 Å². The van der Waals surface area contributed by atoms with Crippen molar-refractivity contribution in [3.63, 3.8) is 0 Å². The lowest BCUT2D eigenvalue weighted by Gasteiger charge is -2.15. The normalized spacial score (nSPS) is 25.6. The lowest BCUT2D eigenvalue weighted by molar-refractivity contribution is -0.146. The number of nitrogens with one attached hydrogen (secondary N) is 1. The van der Waals surface area contributed by atoms with Crippen LogP contribution in [0.2, 0.25) is 0 Å². The molecule has 1 aliphatic carbocycles. The van der Waals surface area contributed by atoms with Crippen LogP contribution < -0.4 is 5.32 Å². The molecule has 0 heterocycles. The van der Waals surface area contributed by atoms with Gasteiger partial charge in [-0.25, -0.2) is 0 Å². The second-order valence-corrected chi connectivity index (χ2v) is 6.81. The Labute approximate surface area is 126 Å². The zero-order chi connectivity index (χ0) is 15.0. The highest BCUT2D eigenvalue weighted by molar-refractivity contribution is 7.98. The van der Waals surface area contributed by atoms with Crippen LogP contribution in [0.5, 0.6) is 0 Å². The van der Waals surface area contributed by atoms with Crippen molar-refractivity contribution in [2.75, 3.05) is 18.6 Å². The molecule has 1 rings (SSSR count). The summed E-state index contributed by atoms with van der Waals surface area (Å²) in [6.45, 7) is 2.70. The second kappa shape index (κ2) is 9.27. The Balaban J connectivity index is 2.20. The van der Waals surface area contributed by atoms with Gasteiger partial charge in [-0.3, -0.25) is 9.59 Å². The molecule has 116 valence electrons. The van der Waals surface area contributed by atoms with Crippen molar-refractivity contribution in [3.8, 4) is 0 Å². The van der Waals surface area contributed by atoms with Gasteiger partial charge in [0, 0.05) is 6.54 Å². The van der Waals surface area contributed by atoms with Crippen LogP contribution in [0.25, 0.3) is 0 Å². The lowest BCUT2D eigenvalue weighted by Crippen LogP contribution is -2.35. The first-order valence-corrected chi connectivity index (χ1v) is 8.95. The van der Waals surface area contributed by atoms with Crippen molar-refractivity contribution in [2.24, 2.45) is 17.8 Å². The molecule has 0 aliphatic heterocycles. The van der Waals surface area contributed by atoms with Crippen molar-refractivity contribution >= 4 is 23.6 Å². The Bertz CT molecular complexity index is 322. The molecule has 5 heteroatoms. The third kappa shape index (κ3) is 5.73. The number of carboxylic acids is 1. The van der Waals surface area contributed by atoms with Gasteiger partial charge in [0.1, 0.15) is 0 Å². The summed E-state index contributed by atoms with van der Waals surface area (Å²) in [5.41, 5.74) is 0. The van der Waals surface area contributed by atoms with Gasteiger partial charge in [-0.2, -0.15) is 11.8 Å². The van der Waals surface area contributed by atoms with Gasteiger partial charge in [-0.1, -0.05) is 19.8 Å². The maximum absolute atomic E-state index is 12.1. The number of amides is 1. The summed E-state index contributed by atoms with van der Waals surface area (Å²) >= 11 is 1.86. The number of carbonyl (C=O) groups is 2. The third-order valence-electron chi connectivity index (χ3n) is 4.03. The van der Waals surface area contributed by atoms with E-state index >= 15 is 0 Å². The molecule has 0 aromatic carbocycles. The van der Waals surface area contributed by atoms with Gasteiger partial charge in [0.05, 0.1) is 11.8 Å². The quantitative estimate of drug-likeness (QED) is 0.643. The SMILES string of the molecule is CSCCCCCCNC(=O)[C@H]1CC(C)C[C@H]1C(=O)O. The smallest absolute Gasteiger partial charge is 0.307 e. The Hall–Kier alpha value is -0.710. The Morgan fingerprint density at radius 3 is 2.45 bits per heavy atom. The van der Waals surface area contributed by atoms with E-state index in [0.717, 1.165) is 12.8 Å². The fourth-order valence-electron chi connectivity index (χ4n) is 2.92. The average molecular weight is 301 g/mol. The summed E-state index contributed by atoms with van der Waals surface area (Å²) in [7, 11) is 0. The number of unbranched alkanes of at least 4 members (excludes halogenated alkanes) is 3. The molecule has 3 atom stereocenters. The van der Waals surface area contributed by atoms with Gasteiger partial charge in [-0.05, 0) is 43.6 Å². The summed E-state index contributed by atoms with van der Waals surface area (Å²) in [4.78, 5) is 23.2. The van der Waals surface area contributed by atoms with Crippen LogP contribution in [0.4, 0.5) is 0 Å². The number of thioether (sulfide) groups is 1. The minimum absolute atomic E-state index is 0.0640. The largest absolute Gasteiger partial charge is 0.481 e. The first-order chi connectivity index (χ1) is 9.56. The zero-order valence-electron chi connectivity index (χ0n) is 12.6. The highest BCUT2D eigenvalue weighted by Gasteiger charge is 2.40. The predicted molar refractivity (Wildman–Crippen MR) is 82.9 cm³/mol. The lowest BCUT2D eigenvalue weighted by atomic mass is 9.95. The van der Waals surface area contributed by atoms with E-state index in [2.05, 4.69) is 11.6 Å². The molecule has 0 spiro atoms. The van der Waals surface area contributed by atoms with Crippen LogP contribution in [0.1, 0.15) is 45.4 Å². The first-order valence-electron chi connectivity index (χ1n) is 7.55. The van der Waals surface area contributed by atoms with E-state index < -0.39 is 11.9 Å². The summed E-state index contributed by atoms with van der Waals surface area (Å²) < 4.78 is 0. The highest BCUT2D eigenvalue weighted by Crippen LogP contribution is 2.36. The molecule has 1 amide bonds. The number of carboxylic acid groups (broad SMARTS) is 1. The van der Waals surface area contributed by atoms with E-state index in [4.69, 9.17) is 5.11 Å². The molecule has 0 aromatic heterocycles. The van der Waals surface area contributed by atoms with Crippen molar-refractivity contribution in [3.05, 3.63) is 0 Å². The summed E-state index contributed by atoms with van der Waals surface area (Å²) in [6.07, 6.45) is 8.00. The van der Waals surface area contributed by atoms with Crippen LogP contribution in [0.3, 0.4) is 0 Å². The van der Waals surface area contributed by atoms with Crippen molar-refractivity contribution < 1.29 is 14.7 Å². The average Bonchev–Trinajstić information content (AvgIpc) is 2.80. The molecule has 2 N–H and O–H groups in total. The third-order valence-corrected chi connectivity index (χ3v) is 4.72. The van der Waals surface area contributed by atoms with Crippen LogP contribution in [0.15, 0.2) is 0 Å². The maximum Gasteiger partial charge on any atom is 0.307 e. The molecule has 4 nitrogen and oxygen atoms in total. The van der Waals surface area contributed by atoms with Crippen molar-refractivity contribution in [2.45, 2.75) is 45.4 Å². The molecule has 0 aromatic rings. The number of hydrogen-bond donors (Lipinski definition) is 2. The number of rotatable bonds is 9.